The SMILES string of the molecule is CCCSc1nc(NCCO)c2c3c(sc2n1)CO[C@@](C)(CC)C3. The van der Waals surface area contributed by atoms with Crippen molar-refractivity contribution in [2.24, 2.45) is 0 Å². The van der Waals surface area contributed by atoms with E-state index in [-0.39, 0.29) is 12.2 Å². The van der Waals surface area contributed by atoms with Gasteiger partial charge in [-0.2, -0.15) is 0 Å². The number of ether oxygens (including phenoxy) is 1. The second kappa shape index (κ2) is 7.56. The molecule has 0 amide bonds. The van der Waals surface area contributed by atoms with E-state index in [1.807, 2.05) is 0 Å². The monoisotopic (exact) mass is 367 g/mol. The quantitative estimate of drug-likeness (QED) is 0.572. The summed E-state index contributed by atoms with van der Waals surface area (Å²) in [6.07, 6.45) is 2.96. The van der Waals surface area contributed by atoms with Crippen LogP contribution in [0.4, 0.5) is 5.82 Å². The van der Waals surface area contributed by atoms with Crippen LogP contribution in [0.5, 0.6) is 0 Å². The maximum absolute atomic E-state index is 9.19. The predicted octanol–water partition coefficient (Wildman–Crippen LogP) is 3.84. The van der Waals surface area contributed by atoms with Gasteiger partial charge in [0.1, 0.15) is 10.6 Å². The van der Waals surface area contributed by atoms with Crippen molar-refractivity contribution in [3.63, 3.8) is 0 Å². The Bertz CT molecular complexity index is 719. The second-order valence-corrected chi connectivity index (χ2v) is 8.45. The minimum atomic E-state index is -0.120. The molecule has 3 rings (SSSR count). The molecule has 1 aliphatic rings. The van der Waals surface area contributed by atoms with Gasteiger partial charge < -0.3 is 15.2 Å². The molecule has 24 heavy (non-hydrogen) atoms. The van der Waals surface area contributed by atoms with Crippen LogP contribution in [0.15, 0.2) is 5.16 Å². The van der Waals surface area contributed by atoms with Crippen LogP contribution < -0.4 is 5.32 Å². The van der Waals surface area contributed by atoms with Gasteiger partial charge in [0.2, 0.25) is 0 Å². The van der Waals surface area contributed by atoms with Crippen LogP contribution >= 0.6 is 23.1 Å². The highest BCUT2D eigenvalue weighted by Crippen LogP contribution is 2.42. The lowest BCUT2D eigenvalue weighted by molar-refractivity contribution is -0.0542. The van der Waals surface area contributed by atoms with E-state index in [1.54, 1.807) is 23.1 Å². The molecule has 3 heterocycles. The van der Waals surface area contributed by atoms with E-state index in [2.05, 4.69) is 26.1 Å². The van der Waals surface area contributed by atoms with E-state index in [1.165, 1.54) is 10.4 Å². The van der Waals surface area contributed by atoms with Gasteiger partial charge in [-0.05, 0) is 25.3 Å². The summed E-state index contributed by atoms with van der Waals surface area (Å²) in [5.41, 5.74) is 1.20. The molecule has 0 bridgehead atoms. The molecule has 0 radical (unpaired) electrons. The molecule has 7 heteroatoms. The van der Waals surface area contributed by atoms with Crippen molar-refractivity contribution >= 4 is 39.1 Å². The van der Waals surface area contributed by atoms with Gasteiger partial charge in [0.15, 0.2) is 5.16 Å². The Hall–Kier alpha value is -0.890. The lowest BCUT2D eigenvalue weighted by Gasteiger charge is -2.33. The Labute approximate surface area is 151 Å². The number of hydrogen-bond acceptors (Lipinski definition) is 7. The number of anilines is 1. The predicted molar refractivity (Wildman–Crippen MR) is 101 cm³/mol. The first kappa shape index (κ1) is 17.9. The number of aliphatic hydroxyl groups excluding tert-OH is 1. The first-order valence-electron chi connectivity index (χ1n) is 8.54. The molecule has 1 aliphatic heterocycles. The molecule has 2 aromatic rings. The van der Waals surface area contributed by atoms with E-state index in [0.29, 0.717) is 13.2 Å². The zero-order chi connectivity index (χ0) is 17.2. The molecule has 0 spiro atoms. The Morgan fingerprint density at radius 2 is 2.21 bits per heavy atom. The summed E-state index contributed by atoms with van der Waals surface area (Å²) in [6.45, 7) is 7.73. The van der Waals surface area contributed by atoms with Gasteiger partial charge in [-0.3, -0.25) is 0 Å². The molecule has 2 N–H and O–H groups in total. The van der Waals surface area contributed by atoms with Crippen LogP contribution in [0.25, 0.3) is 10.2 Å². The summed E-state index contributed by atoms with van der Waals surface area (Å²) < 4.78 is 6.08. The van der Waals surface area contributed by atoms with Crippen LogP contribution in [0.2, 0.25) is 0 Å². The third-order valence-corrected chi connectivity index (χ3v) is 6.56. The first-order chi connectivity index (χ1) is 11.6. The second-order valence-electron chi connectivity index (χ2n) is 6.31. The van der Waals surface area contributed by atoms with Crippen molar-refractivity contribution in [2.45, 2.75) is 57.4 Å². The topological polar surface area (TPSA) is 67.3 Å². The molecular formula is C17H25N3O2S2. The maximum atomic E-state index is 9.19. The highest BCUT2D eigenvalue weighted by Gasteiger charge is 2.33. The van der Waals surface area contributed by atoms with Gasteiger partial charge in [0.25, 0.3) is 0 Å². The molecule has 0 aliphatic carbocycles. The first-order valence-corrected chi connectivity index (χ1v) is 10.3. The van der Waals surface area contributed by atoms with E-state index in [0.717, 1.165) is 46.2 Å². The van der Waals surface area contributed by atoms with Gasteiger partial charge in [0.05, 0.1) is 24.2 Å². The molecular weight excluding hydrogens is 342 g/mol. The number of nitrogens with zero attached hydrogens (tertiary/aromatic N) is 2. The number of rotatable bonds is 7. The summed E-state index contributed by atoms with van der Waals surface area (Å²) in [5.74, 6) is 1.86. The number of aliphatic hydroxyl groups is 1. The zero-order valence-corrected chi connectivity index (χ0v) is 16.1. The van der Waals surface area contributed by atoms with E-state index in [9.17, 15) is 5.11 Å². The van der Waals surface area contributed by atoms with Crippen molar-refractivity contribution in [2.75, 3.05) is 24.2 Å². The van der Waals surface area contributed by atoms with Crippen molar-refractivity contribution < 1.29 is 9.84 Å². The molecule has 5 nitrogen and oxygen atoms in total. The van der Waals surface area contributed by atoms with Crippen molar-refractivity contribution in [1.29, 1.82) is 0 Å². The van der Waals surface area contributed by atoms with Gasteiger partial charge in [-0.15, -0.1) is 11.3 Å². The maximum Gasteiger partial charge on any atom is 0.190 e. The fourth-order valence-corrected chi connectivity index (χ4v) is 4.70. The third-order valence-electron chi connectivity index (χ3n) is 4.40. The van der Waals surface area contributed by atoms with Crippen molar-refractivity contribution in [1.82, 2.24) is 9.97 Å². The molecule has 0 saturated heterocycles. The van der Waals surface area contributed by atoms with Crippen LogP contribution in [-0.2, 0) is 17.8 Å². The van der Waals surface area contributed by atoms with Crippen LogP contribution in [0, 0.1) is 0 Å². The van der Waals surface area contributed by atoms with Crippen molar-refractivity contribution in [3.8, 4) is 0 Å². The Kier molecular flexibility index (Phi) is 5.64. The van der Waals surface area contributed by atoms with E-state index < -0.39 is 0 Å². The van der Waals surface area contributed by atoms with Gasteiger partial charge >= 0.3 is 0 Å². The fraction of sp³-hybridized carbons (Fsp3) is 0.647. The van der Waals surface area contributed by atoms with Crippen LogP contribution in [-0.4, -0.2) is 39.6 Å². The number of fused-ring (bicyclic) bond motifs is 3. The Balaban J connectivity index is 2.07. The summed E-state index contributed by atoms with van der Waals surface area (Å²) in [4.78, 5) is 11.8. The van der Waals surface area contributed by atoms with Gasteiger partial charge in [0, 0.05) is 23.6 Å². The number of hydrogen-bond donors (Lipinski definition) is 2. The fourth-order valence-electron chi connectivity index (χ4n) is 2.84. The average molecular weight is 368 g/mol. The molecule has 1 atom stereocenters. The zero-order valence-electron chi connectivity index (χ0n) is 14.5. The van der Waals surface area contributed by atoms with Crippen LogP contribution in [0.1, 0.15) is 44.1 Å². The average Bonchev–Trinajstić information content (AvgIpc) is 2.95. The molecule has 0 saturated carbocycles. The molecule has 132 valence electrons. The lowest BCUT2D eigenvalue weighted by atomic mass is 9.90. The highest BCUT2D eigenvalue weighted by atomic mass is 32.2. The number of thioether (sulfide) groups is 1. The van der Waals surface area contributed by atoms with E-state index in [4.69, 9.17) is 14.7 Å². The standard InChI is InChI=1S/C17H25N3O2S2/c1-4-8-23-16-19-14(18-6-7-21)13-11-9-17(3,5-2)22-10-12(11)24-15(13)20-16/h21H,4-10H2,1-3H3,(H,18,19,20)/t17-/m0/s1. The van der Waals surface area contributed by atoms with Gasteiger partial charge in [-0.1, -0.05) is 25.6 Å². The molecule has 2 aromatic heterocycles. The van der Waals surface area contributed by atoms with Crippen molar-refractivity contribution in [3.05, 3.63) is 10.4 Å². The molecule has 0 unspecified atom stereocenters. The minimum absolute atomic E-state index is 0.0883. The minimum Gasteiger partial charge on any atom is -0.395 e. The number of aromatic nitrogens is 2. The summed E-state index contributed by atoms with van der Waals surface area (Å²) in [7, 11) is 0. The number of nitrogens with one attached hydrogen (secondary N) is 1. The third kappa shape index (κ3) is 3.54. The largest absolute Gasteiger partial charge is 0.395 e. The molecule has 0 aromatic carbocycles. The highest BCUT2D eigenvalue weighted by molar-refractivity contribution is 7.99. The summed E-state index contributed by atoms with van der Waals surface area (Å²) in [5, 5.41) is 14.4. The normalized spacial score (nSPS) is 20.3. The summed E-state index contributed by atoms with van der Waals surface area (Å²) in [6, 6.07) is 0. The number of thiophene rings is 1. The van der Waals surface area contributed by atoms with Gasteiger partial charge in [-0.25, -0.2) is 9.97 Å². The van der Waals surface area contributed by atoms with Crippen LogP contribution in [0.3, 0.4) is 0 Å². The van der Waals surface area contributed by atoms with E-state index >= 15 is 0 Å². The smallest absolute Gasteiger partial charge is 0.190 e. The summed E-state index contributed by atoms with van der Waals surface area (Å²) >= 11 is 3.40. The lowest BCUT2D eigenvalue weighted by Crippen LogP contribution is -2.34. The Morgan fingerprint density at radius 1 is 1.38 bits per heavy atom. The Morgan fingerprint density at radius 3 is 2.92 bits per heavy atom. The molecule has 0 fully saturated rings.